The number of ether oxygens (including phenoxy) is 1. The maximum atomic E-state index is 13.2. The van der Waals surface area contributed by atoms with E-state index in [0.29, 0.717) is 0 Å². The average molecular weight is 400 g/mol. The molecule has 1 amide bonds. The Labute approximate surface area is 157 Å². The van der Waals surface area contributed by atoms with Crippen LogP contribution in [0.4, 0.5) is 5.69 Å². The molecule has 1 aliphatic carbocycles. The van der Waals surface area contributed by atoms with E-state index in [1.807, 2.05) is 29.2 Å². The van der Waals surface area contributed by atoms with Crippen LogP contribution in [0, 0.1) is 5.41 Å². The molecular weight excluding hydrogens is 378 g/mol. The third-order valence-electron chi connectivity index (χ3n) is 5.71. The van der Waals surface area contributed by atoms with Crippen molar-refractivity contribution < 1.29 is 9.53 Å². The molecule has 2 fully saturated rings. The Morgan fingerprint density at radius 1 is 1.00 bits per heavy atom. The first-order chi connectivity index (χ1) is 12.2. The molecule has 2 aliphatic rings. The Morgan fingerprint density at radius 2 is 1.64 bits per heavy atom. The molecule has 2 aromatic rings. The van der Waals surface area contributed by atoms with E-state index >= 15 is 0 Å². The molecule has 0 bridgehead atoms. The lowest BCUT2D eigenvalue weighted by atomic mass is 9.60. The quantitative estimate of drug-likeness (QED) is 0.637. The average Bonchev–Trinajstić information content (AvgIpc) is 2.67. The molecule has 1 saturated heterocycles. The summed E-state index contributed by atoms with van der Waals surface area (Å²) in [6, 6.07) is 16.4. The van der Waals surface area contributed by atoms with Gasteiger partial charge >= 0.3 is 0 Å². The van der Waals surface area contributed by atoms with Crippen molar-refractivity contribution in [1.82, 2.24) is 0 Å². The van der Waals surface area contributed by atoms with Crippen LogP contribution >= 0.6 is 15.9 Å². The van der Waals surface area contributed by atoms with Crippen molar-refractivity contribution in [3.63, 3.8) is 0 Å². The lowest BCUT2D eigenvalue weighted by Crippen LogP contribution is -2.64. The monoisotopic (exact) mass is 399 g/mol. The van der Waals surface area contributed by atoms with Crippen molar-refractivity contribution in [1.29, 1.82) is 0 Å². The van der Waals surface area contributed by atoms with E-state index in [0.717, 1.165) is 41.6 Å². The highest BCUT2D eigenvalue weighted by Crippen LogP contribution is 2.59. The summed E-state index contributed by atoms with van der Waals surface area (Å²) in [6.45, 7) is 0. The summed E-state index contributed by atoms with van der Waals surface area (Å²) in [6.07, 6.45) is 5.54. The number of hydrogen-bond acceptors (Lipinski definition) is 2. The second-order valence-electron chi connectivity index (χ2n) is 7.04. The van der Waals surface area contributed by atoms with Gasteiger partial charge in [-0.15, -0.1) is 0 Å². The van der Waals surface area contributed by atoms with Gasteiger partial charge in [0.1, 0.15) is 5.75 Å². The standard InChI is InChI=1S/C21H22BrNO2/c1-25-18-11-9-17(10-12-18)23-19(15-5-7-16(22)8-6-15)21(20(23)24)13-3-2-4-14-21/h5-12,19H,2-4,13-14H2,1H3/t19-/m1/s1. The molecule has 3 nitrogen and oxygen atoms in total. The van der Waals surface area contributed by atoms with Gasteiger partial charge in [0.25, 0.3) is 0 Å². The molecule has 4 rings (SSSR count). The molecule has 130 valence electrons. The zero-order valence-corrected chi connectivity index (χ0v) is 16.0. The Kier molecular flexibility index (Phi) is 4.32. The Hall–Kier alpha value is -1.81. The SMILES string of the molecule is COc1ccc(N2C(=O)C3(CCCCC3)[C@H]2c2ccc(Br)cc2)cc1. The van der Waals surface area contributed by atoms with Crippen LogP contribution in [0.25, 0.3) is 0 Å². The molecule has 0 radical (unpaired) electrons. The highest BCUT2D eigenvalue weighted by atomic mass is 79.9. The number of benzene rings is 2. The Morgan fingerprint density at radius 3 is 2.24 bits per heavy atom. The molecule has 1 spiro atoms. The van der Waals surface area contributed by atoms with Gasteiger partial charge in [-0.2, -0.15) is 0 Å². The first kappa shape index (κ1) is 16.6. The van der Waals surface area contributed by atoms with Crippen molar-refractivity contribution in [3.8, 4) is 5.75 Å². The van der Waals surface area contributed by atoms with E-state index < -0.39 is 0 Å². The smallest absolute Gasteiger partial charge is 0.236 e. The molecule has 1 atom stereocenters. The van der Waals surface area contributed by atoms with E-state index in [4.69, 9.17) is 4.74 Å². The van der Waals surface area contributed by atoms with Crippen molar-refractivity contribution >= 4 is 27.5 Å². The summed E-state index contributed by atoms with van der Waals surface area (Å²) in [7, 11) is 1.66. The summed E-state index contributed by atoms with van der Waals surface area (Å²) in [5.41, 5.74) is 1.96. The number of hydrogen-bond donors (Lipinski definition) is 0. The third-order valence-corrected chi connectivity index (χ3v) is 6.24. The fourth-order valence-corrected chi connectivity index (χ4v) is 4.71. The fourth-order valence-electron chi connectivity index (χ4n) is 4.45. The van der Waals surface area contributed by atoms with Gasteiger partial charge in [0.05, 0.1) is 18.6 Å². The second kappa shape index (κ2) is 6.49. The van der Waals surface area contributed by atoms with Crippen LogP contribution < -0.4 is 9.64 Å². The van der Waals surface area contributed by atoms with Crippen LogP contribution in [-0.2, 0) is 4.79 Å². The second-order valence-corrected chi connectivity index (χ2v) is 7.96. The first-order valence-corrected chi connectivity index (χ1v) is 9.68. The predicted octanol–water partition coefficient (Wildman–Crippen LogP) is 5.50. The molecule has 25 heavy (non-hydrogen) atoms. The number of carbonyl (C=O) groups is 1. The van der Waals surface area contributed by atoms with Crippen molar-refractivity contribution in [2.45, 2.75) is 38.1 Å². The first-order valence-electron chi connectivity index (χ1n) is 8.89. The van der Waals surface area contributed by atoms with Gasteiger partial charge in [-0.05, 0) is 54.8 Å². The number of anilines is 1. The zero-order valence-electron chi connectivity index (χ0n) is 14.4. The summed E-state index contributed by atoms with van der Waals surface area (Å²) < 4.78 is 6.32. The largest absolute Gasteiger partial charge is 0.497 e. The topological polar surface area (TPSA) is 29.5 Å². The molecule has 0 unspecified atom stereocenters. The zero-order chi connectivity index (χ0) is 17.4. The molecular formula is C21H22BrNO2. The molecule has 1 saturated carbocycles. The van der Waals surface area contributed by atoms with Crippen LogP contribution in [0.15, 0.2) is 53.0 Å². The maximum absolute atomic E-state index is 13.2. The maximum Gasteiger partial charge on any atom is 0.236 e. The van der Waals surface area contributed by atoms with Gasteiger partial charge < -0.3 is 9.64 Å². The van der Waals surface area contributed by atoms with Crippen LogP contribution in [0.1, 0.15) is 43.7 Å². The van der Waals surface area contributed by atoms with Gasteiger partial charge in [0.2, 0.25) is 5.91 Å². The summed E-state index contributed by atoms with van der Waals surface area (Å²) in [4.78, 5) is 15.2. The molecule has 0 aromatic heterocycles. The van der Waals surface area contributed by atoms with Crippen LogP contribution in [0.2, 0.25) is 0 Å². The van der Waals surface area contributed by atoms with Crippen LogP contribution in [0.5, 0.6) is 5.75 Å². The summed E-state index contributed by atoms with van der Waals surface area (Å²) >= 11 is 3.52. The van der Waals surface area contributed by atoms with Gasteiger partial charge in [-0.3, -0.25) is 4.79 Å². The third kappa shape index (κ3) is 2.67. The minimum atomic E-state index is -0.216. The van der Waals surface area contributed by atoms with E-state index in [2.05, 4.69) is 40.2 Å². The minimum Gasteiger partial charge on any atom is -0.497 e. The lowest BCUT2D eigenvalue weighted by Gasteiger charge is -2.58. The molecule has 1 aliphatic heterocycles. The van der Waals surface area contributed by atoms with E-state index in [1.54, 1.807) is 7.11 Å². The van der Waals surface area contributed by atoms with Crippen molar-refractivity contribution in [2.75, 3.05) is 12.0 Å². The normalized spacial score (nSPS) is 21.9. The molecule has 4 heteroatoms. The number of amides is 1. The fraction of sp³-hybridized carbons (Fsp3) is 0.381. The number of methoxy groups -OCH3 is 1. The number of nitrogens with zero attached hydrogens (tertiary/aromatic N) is 1. The van der Waals surface area contributed by atoms with Gasteiger partial charge in [0.15, 0.2) is 0 Å². The Bertz CT molecular complexity index is 763. The van der Waals surface area contributed by atoms with Gasteiger partial charge in [0, 0.05) is 10.2 Å². The number of carbonyl (C=O) groups excluding carboxylic acids is 1. The van der Waals surface area contributed by atoms with Gasteiger partial charge in [-0.25, -0.2) is 0 Å². The highest BCUT2D eigenvalue weighted by molar-refractivity contribution is 9.10. The summed E-state index contributed by atoms with van der Waals surface area (Å²) in [5.74, 6) is 1.09. The molecule has 2 aromatic carbocycles. The minimum absolute atomic E-state index is 0.127. The van der Waals surface area contributed by atoms with Crippen LogP contribution in [-0.4, -0.2) is 13.0 Å². The number of β-lactam (4-membered cyclic amide) rings is 1. The molecule has 0 N–H and O–H groups in total. The predicted molar refractivity (Wildman–Crippen MR) is 103 cm³/mol. The summed E-state index contributed by atoms with van der Waals surface area (Å²) in [5, 5.41) is 0. The van der Waals surface area contributed by atoms with Crippen molar-refractivity contribution in [3.05, 3.63) is 58.6 Å². The van der Waals surface area contributed by atoms with E-state index in [1.165, 1.54) is 12.0 Å². The van der Waals surface area contributed by atoms with E-state index in [-0.39, 0.29) is 17.4 Å². The number of rotatable bonds is 3. The van der Waals surface area contributed by atoms with Gasteiger partial charge in [-0.1, -0.05) is 47.3 Å². The Balaban J connectivity index is 1.74. The van der Waals surface area contributed by atoms with Crippen molar-refractivity contribution in [2.24, 2.45) is 5.41 Å². The molecule has 1 heterocycles. The van der Waals surface area contributed by atoms with E-state index in [9.17, 15) is 4.79 Å². The highest BCUT2D eigenvalue weighted by Gasteiger charge is 2.61. The van der Waals surface area contributed by atoms with Crippen LogP contribution in [0.3, 0.4) is 0 Å². The lowest BCUT2D eigenvalue weighted by molar-refractivity contribution is -0.143. The number of halogens is 1.